The van der Waals surface area contributed by atoms with Crippen molar-refractivity contribution < 1.29 is 9.53 Å². The third-order valence-corrected chi connectivity index (χ3v) is 3.92. The van der Waals surface area contributed by atoms with Gasteiger partial charge in [-0.05, 0) is 43.0 Å². The summed E-state index contributed by atoms with van der Waals surface area (Å²) in [6, 6.07) is 13.6. The minimum Gasteiger partial charge on any atom is -0.488 e. The highest BCUT2D eigenvalue weighted by atomic mass is 16.5. The summed E-state index contributed by atoms with van der Waals surface area (Å²) in [5, 5.41) is 3.11. The number of carbonyl (C=O) groups excluding carboxylic acids is 1. The van der Waals surface area contributed by atoms with Gasteiger partial charge in [0.2, 0.25) is 5.91 Å². The van der Waals surface area contributed by atoms with E-state index in [0.717, 1.165) is 30.6 Å². The SMILES string of the molecule is O=C(Cc1cccnc1)N[C@H]1CCC[C@H]1Oc1ccccc1. The van der Waals surface area contributed by atoms with Gasteiger partial charge >= 0.3 is 0 Å². The number of benzene rings is 1. The molecule has 114 valence electrons. The predicted molar refractivity (Wildman–Crippen MR) is 84.6 cm³/mol. The maximum atomic E-state index is 12.2. The molecule has 1 aromatic carbocycles. The van der Waals surface area contributed by atoms with Gasteiger partial charge in [-0.25, -0.2) is 0 Å². The molecule has 1 fully saturated rings. The van der Waals surface area contributed by atoms with Crippen LogP contribution in [0.25, 0.3) is 0 Å². The van der Waals surface area contributed by atoms with E-state index in [1.165, 1.54) is 0 Å². The van der Waals surface area contributed by atoms with Crippen molar-refractivity contribution in [3.8, 4) is 5.75 Å². The van der Waals surface area contributed by atoms with Gasteiger partial charge in [-0.1, -0.05) is 24.3 Å². The van der Waals surface area contributed by atoms with Crippen LogP contribution in [0.3, 0.4) is 0 Å². The van der Waals surface area contributed by atoms with Crippen LogP contribution in [0.15, 0.2) is 54.9 Å². The fraction of sp³-hybridized carbons (Fsp3) is 0.333. The zero-order chi connectivity index (χ0) is 15.2. The zero-order valence-electron chi connectivity index (χ0n) is 12.4. The highest BCUT2D eigenvalue weighted by molar-refractivity contribution is 5.78. The molecule has 0 saturated heterocycles. The second-order valence-corrected chi connectivity index (χ2v) is 5.61. The lowest BCUT2D eigenvalue weighted by Gasteiger charge is -2.22. The molecule has 1 heterocycles. The molecule has 0 unspecified atom stereocenters. The van der Waals surface area contributed by atoms with E-state index in [1.54, 1.807) is 12.4 Å². The van der Waals surface area contributed by atoms with Gasteiger partial charge in [-0.2, -0.15) is 0 Å². The molecule has 1 saturated carbocycles. The first-order chi connectivity index (χ1) is 10.8. The van der Waals surface area contributed by atoms with E-state index in [0.29, 0.717) is 6.42 Å². The molecule has 1 amide bonds. The number of nitrogens with zero attached hydrogens (tertiary/aromatic N) is 1. The third kappa shape index (κ3) is 3.85. The standard InChI is InChI=1S/C18H20N2O2/c21-18(12-14-6-5-11-19-13-14)20-16-9-4-10-17(16)22-15-7-2-1-3-8-15/h1-3,5-8,11,13,16-17H,4,9-10,12H2,(H,20,21)/t16-,17+/m0/s1. The Balaban J connectivity index is 1.55. The van der Waals surface area contributed by atoms with Crippen molar-refractivity contribution in [3.05, 3.63) is 60.4 Å². The lowest BCUT2D eigenvalue weighted by atomic mass is 10.1. The van der Waals surface area contributed by atoms with E-state index >= 15 is 0 Å². The summed E-state index contributed by atoms with van der Waals surface area (Å²) in [6.45, 7) is 0. The van der Waals surface area contributed by atoms with E-state index in [-0.39, 0.29) is 18.1 Å². The van der Waals surface area contributed by atoms with Gasteiger partial charge in [-0.15, -0.1) is 0 Å². The highest BCUT2D eigenvalue weighted by Gasteiger charge is 2.30. The van der Waals surface area contributed by atoms with Crippen LogP contribution < -0.4 is 10.1 Å². The molecule has 0 radical (unpaired) electrons. The monoisotopic (exact) mass is 296 g/mol. The molecular weight excluding hydrogens is 276 g/mol. The summed E-state index contributed by atoms with van der Waals surface area (Å²) in [5.41, 5.74) is 0.929. The summed E-state index contributed by atoms with van der Waals surface area (Å²) < 4.78 is 6.01. The molecule has 22 heavy (non-hydrogen) atoms. The summed E-state index contributed by atoms with van der Waals surface area (Å²) in [7, 11) is 0. The topological polar surface area (TPSA) is 51.2 Å². The quantitative estimate of drug-likeness (QED) is 0.923. The molecule has 2 aromatic rings. The van der Waals surface area contributed by atoms with Crippen molar-refractivity contribution >= 4 is 5.91 Å². The first-order valence-electron chi connectivity index (χ1n) is 7.71. The van der Waals surface area contributed by atoms with E-state index in [1.807, 2.05) is 42.5 Å². The first kappa shape index (κ1) is 14.6. The number of ether oxygens (including phenoxy) is 1. The minimum absolute atomic E-state index is 0.0292. The first-order valence-corrected chi connectivity index (χ1v) is 7.71. The average molecular weight is 296 g/mol. The number of nitrogens with one attached hydrogen (secondary N) is 1. The van der Waals surface area contributed by atoms with Gasteiger partial charge in [0.05, 0.1) is 12.5 Å². The second kappa shape index (κ2) is 7.07. The van der Waals surface area contributed by atoms with Gasteiger partial charge in [0.1, 0.15) is 11.9 Å². The number of hydrogen-bond acceptors (Lipinski definition) is 3. The third-order valence-electron chi connectivity index (χ3n) is 3.92. The highest BCUT2D eigenvalue weighted by Crippen LogP contribution is 2.24. The van der Waals surface area contributed by atoms with E-state index in [2.05, 4.69) is 10.3 Å². The Morgan fingerprint density at radius 2 is 2.05 bits per heavy atom. The van der Waals surface area contributed by atoms with Crippen LogP contribution in [-0.4, -0.2) is 23.0 Å². The van der Waals surface area contributed by atoms with Crippen LogP contribution in [-0.2, 0) is 11.2 Å². The van der Waals surface area contributed by atoms with Crippen molar-refractivity contribution in [2.24, 2.45) is 0 Å². The number of para-hydroxylation sites is 1. The predicted octanol–water partition coefficient (Wildman–Crippen LogP) is 2.74. The summed E-state index contributed by atoms with van der Waals surface area (Å²) in [5.74, 6) is 0.891. The fourth-order valence-corrected chi connectivity index (χ4v) is 2.85. The number of hydrogen-bond donors (Lipinski definition) is 1. The number of amides is 1. The molecule has 4 heteroatoms. The summed E-state index contributed by atoms with van der Waals surface area (Å²) in [4.78, 5) is 16.2. The van der Waals surface area contributed by atoms with Crippen LogP contribution in [0, 0.1) is 0 Å². The lowest BCUT2D eigenvalue weighted by Crippen LogP contribution is -2.43. The molecule has 0 bridgehead atoms. The molecular formula is C18H20N2O2. The Hall–Kier alpha value is -2.36. The minimum atomic E-state index is 0.0292. The van der Waals surface area contributed by atoms with E-state index in [9.17, 15) is 4.79 Å². The Morgan fingerprint density at radius 1 is 1.18 bits per heavy atom. The van der Waals surface area contributed by atoms with Crippen molar-refractivity contribution in [2.45, 2.75) is 37.8 Å². The van der Waals surface area contributed by atoms with Crippen LogP contribution in [0.1, 0.15) is 24.8 Å². The van der Waals surface area contributed by atoms with Crippen molar-refractivity contribution in [2.75, 3.05) is 0 Å². The number of rotatable bonds is 5. The normalized spacial score (nSPS) is 20.5. The van der Waals surface area contributed by atoms with Gasteiger partial charge in [-0.3, -0.25) is 9.78 Å². The molecule has 1 aromatic heterocycles. The lowest BCUT2D eigenvalue weighted by molar-refractivity contribution is -0.121. The molecule has 0 aliphatic heterocycles. The molecule has 1 aliphatic carbocycles. The van der Waals surface area contributed by atoms with Gasteiger partial charge in [0, 0.05) is 12.4 Å². The Labute approximate surface area is 130 Å². The molecule has 2 atom stereocenters. The van der Waals surface area contributed by atoms with Crippen molar-refractivity contribution in [3.63, 3.8) is 0 Å². The zero-order valence-corrected chi connectivity index (χ0v) is 12.4. The average Bonchev–Trinajstić information content (AvgIpc) is 2.96. The maximum absolute atomic E-state index is 12.2. The summed E-state index contributed by atoms with van der Waals surface area (Å²) in [6.07, 6.45) is 6.88. The van der Waals surface area contributed by atoms with Crippen molar-refractivity contribution in [1.82, 2.24) is 10.3 Å². The summed E-state index contributed by atoms with van der Waals surface area (Å²) >= 11 is 0. The van der Waals surface area contributed by atoms with Crippen molar-refractivity contribution in [1.29, 1.82) is 0 Å². The van der Waals surface area contributed by atoms with E-state index < -0.39 is 0 Å². The molecule has 0 spiro atoms. The number of aromatic nitrogens is 1. The fourth-order valence-electron chi connectivity index (χ4n) is 2.85. The number of carbonyl (C=O) groups is 1. The van der Waals surface area contributed by atoms with Crippen LogP contribution in [0.2, 0.25) is 0 Å². The Morgan fingerprint density at radius 3 is 2.82 bits per heavy atom. The maximum Gasteiger partial charge on any atom is 0.224 e. The van der Waals surface area contributed by atoms with Gasteiger partial charge in [0.25, 0.3) is 0 Å². The number of pyridine rings is 1. The largest absolute Gasteiger partial charge is 0.488 e. The van der Waals surface area contributed by atoms with Crippen LogP contribution in [0.4, 0.5) is 0 Å². The second-order valence-electron chi connectivity index (χ2n) is 5.61. The molecule has 1 aliphatic rings. The molecule has 3 rings (SSSR count). The van der Waals surface area contributed by atoms with Gasteiger partial charge in [0.15, 0.2) is 0 Å². The van der Waals surface area contributed by atoms with E-state index in [4.69, 9.17) is 4.74 Å². The molecule has 4 nitrogen and oxygen atoms in total. The Kier molecular flexibility index (Phi) is 4.68. The van der Waals surface area contributed by atoms with Gasteiger partial charge < -0.3 is 10.1 Å². The Bertz CT molecular complexity index is 601. The smallest absolute Gasteiger partial charge is 0.224 e. The van der Waals surface area contributed by atoms with Crippen LogP contribution in [0.5, 0.6) is 5.75 Å². The van der Waals surface area contributed by atoms with Crippen LogP contribution >= 0.6 is 0 Å². The molecule has 1 N–H and O–H groups in total.